The van der Waals surface area contributed by atoms with Crippen molar-refractivity contribution < 1.29 is 0 Å². The molecule has 1 aliphatic carbocycles. The van der Waals surface area contributed by atoms with Crippen molar-refractivity contribution in [1.29, 1.82) is 0 Å². The summed E-state index contributed by atoms with van der Waals surface area (Å²) in [5, 5.41) is 14.0. The molecule has 3 aromatic carbocycles. The molecule has 0 aromatic heterocycles. The first kappa shape index (κ1) is 34.2. The van der Waals surface area contributed by atoms with Crippen molar-refractivity contribution in [1.82, 2.24) is 5.32 Å². The van der Waals surface area contributed by atoms with E-state index in [2.05, 4.69) is 122 Å². The van der Waals surface area contributed by atoms with Crippen molar-refractivity contribution in [2.75, 3.05) is 20.6 Å². The van der Waals surface area contributed by atoms with Gasteiger partial charge in [-0.05, 0) is 66.5 Å². The molecule has 230 valence electrons. The highest BCUT2D eigenvalue weighted by molar-refractivity contribution is 6.08. The molecule has 5 rings (SSSR count). The molecule has 1 aliphatic heterocycles. The van der Waals surface area contributed by atoms with E-state index in [1.807, 2.05) is 37.3 Å². The molecule has 0 bridgehead atoms. The van der Waals surface area contributed by atoms with E-state index >= 15 is 0 Å². The molecule has 4 heteroatoms. The number of azo groups is 1. The van der Waals surface area contributed by atoms with Gasteiger partial charge in [0, 0.05) is 37.1 Å². The van der Waals surface area contributed by atoms with Crippen LogP contribution in [-0.4, -0.2) is 26.4 Å². The molecule has 0 radical (unpaired) electrons. The number of hydrogen-bond donors (Lipinski definition) is 1. The van der Waals surface area contributed by atoms with Gasteiger partial charge in [0.15, 0.2) is 0 Å². The first-order valence-electron chi connectivity index (χ1n) is 15.8. The second kappa shape index (κ2) is 17.7. The number of allylic oxidation sites excluding steroid dienone is 4. The summed E-state index contributed by atoms with van der Waals surface area (Å²) in [6.45, 7) is 15.6. The summed E-state index contributed by atoms with van der Waals surface area (Å²) in [6.07, 6.45) is 13.2. The van der Waals surface area contributed by atoms with Gasteiger partial charge in [-0.2, -0.15) is 10.2 Å². The number of aryl methyl sites for hydroxylation is 1. The Labute approximate surface area is 265 Å². The topological polar surface area (TPSA) is 49.1 Å². The summed E-state index contributed by atoms with van der Waals surface area (Å²) in [4.78, 5) is 4.15. The molecule has 4 nitrogen and oxygen atoms in total. The largest absolute Gasteiger partial charge is 0.381 e. The van der Waals surface area contributed by atoms with Crippen molar-refractivity contribution in [3.8, 4) is 0 Å². The van der Waals surface area contributed by atoms with Crippen LogP contribution in [0.2, 0.25) is 0 Å². The molecule has 1 heterocycles. The Bertz CT molecular complexity index is 1610. The van der Waals surface area contributed by atoms with Crippen LogP contribution in [0.15, 0.2) is 119 Å². The lowest BCUT2D eigenvalue weighted by Crippen LogP contribution is -2.37. The molecule has 1 saturated carbocycles. The monoisotopic (exact) mass is 586 g/mol. The fourth-order valence-corrected chi connectivity index (χ4v) is 5.69. The van der Waals surface area contributed by atoms with Crippen LogP contribution in [-0.2, 0) is 0 Å². The Morgan fingerprint density at radius 3 is 2.30 bits per heavy atom. The molecule has 0 amide bonds. The first-order valence-corrected chi connectivity index (χ1v) is 15.8. The maximum atomic E-state index is 4.15. The van der Waals surface area contributed by atoms with Gasteiger partial charge < -0.3 is 5.32 Å². The van der Waals surface area contributed by atoms with E-state index in [0.29, 0.717) is 0 Å². The van der Waals surface area contributed by atoms with Crippen molar-refractivity contribution in [2.45, 2.75) is 47.5 Å². The van der Waals surface area contributed by atoms with E-state index in [-0.39, 0.29) is 0 Å². The van der Waals surface area contributed by atoms with Crippen molar-refractivity contribution in [3.63, 3.8) is 0 Å². The molecule has 3 unspecified atom stereocenters. The van der Waals surface area contributed by atoms with Crippen LogP contribution in [0.25, 0.3) is 17.5 Å². The van der Waals surface area contributed by atoms with Crippen molar-refractivity contribution >= 4 is 23.2 Å². The number of aliphatic imine (C=N–C) groups is 1. The Morgan fingerprint density at radius 2 is 1.70 bits per heavy atom. The van der Waals surface area contributed by atoms with Gasteiger partial charge in [0.05, 0.1) is 11.4 Å². The zero-order valence-electron chi connectivity index (χ0n) is 27.7. The average molecular weight is 587 g/mol. The summed E-state index contributed by atoms with van der Waals surface area (Å²) in [5.74, 6) is 2.89. The maximum Gasteiger partial charge on any atom is 0.0882 e. The number of nitrogens with one attached hydrogen (secondary N) is 1. The van der Waals surface area contributed by atoms with Gasteiger partial charge >= 0.3 is 0 Å². The minimum atomic E-state index is 0.868. The summed E-state index contributed by atoms with van der Waals surface area (Å²) in [6, 6.07) is 25.2. The molecule has 0 spiro atoms. The summed E-state index contributed by atoms with van der Waals surface area (Å²) in [5.41, 5.74) is 7.65. The highest BCUT2D eigenvalue weighted by atomic mass is 15.1. The van der Waals surface area contributed by atoms with Gasteiger partial charge in [-0.1, -0.05) is 130 Å². The van der Waals surface area contributed by atoms with E-state index in [0.717, 1.165) is 46.8 Å². The predicted molar refractivity (Wildman–Crippen MR) is 191 cm³/mol. The molecule has 0 saturated heterocycles. The Balaban J connectivity index is 0.000000187. The van der Waals surface area contributed by atoms with Crippen molar-refractivity contribution in [2.24, 2.45) is 33.0 Å². The second-order valence-corrected chi connectivity index (χ2v) is 11.1. The molecule has 3 atom stereocenters. The van der Waals surface area contributed by atoms with Gasteiger partial charge in [0.1, 0.15) is 0 Å². The van der Waals surface area contributed by atoms with Crippen LogP contribution < -0.4 is 15.8 Å². The van der Waals surface area contributed by atoms with Gasteiger partial charge in [-0.25, -0.2) is 0 Å². The van der Waals surface area contributed by atoms with E-state index in [4.69, 9.17) is 0 Å². The van der Waals surface area contributed by atoms with Gasteiger partial charge in [-0.15, -0.1) is 0 Å². The van der Waals surface area contributed by atoms with E-state index in [1.54, 1.807) is 20.2 Å². The third-order valence-electron chi connectivity index (χ3n) is 8.23. The summed E-state index contributed by atoms with van der Waals surface area (Å²) < 4.78 is 0. The van der Waals surface area contributed by atoms with Gasteiger partial charge in [0.2, 0.25) is 0 Å². The lowest BCUT2D eigenvalue weighted by atomic mass is 10.0. The zero-order chi connectivity index (χ0) is 31.9. The van der Waals surface area contributed by atoms with Crippen LogP contribution in [0, 0.1) is 24.7 Å². The van der Waals surface area contributed by atoms with Crippen LogP contribution in [0.4, 0.5) is 0 Å². The van der Waals surface area contributed by atoms with E-state index in [1.165, 1.54) is 40.1 Å². The molecule has 2 aliphatic rings. The molecular weight excluding hydrogens is 536 g/mol. The SMILES string of the molecule is C=CC(=NC)c1ccc(/C(=C/C)N=NC)cc1.CCC=CC1C(C)C1CC.Cc1cccc(C2=c3ccccc3=CCN2)c1. The summed E-state index contributed by atoms with van der Waals surface area (Å²) in [7, 11) is 3.42. The van der Waals surface area contributed by atoms with Crippen molar-refractivity contribution in [3.05, 3.63) is 136 Å². The average Bonchev–Trinajstić information content (AvgIpc) is 3.71. The Morgan fingerprint density at radius 1 is 0.977 bits per heavy atom. The molecule has 44 heavy (non-hydrogen) atoms. The fourth-order valence-electron chi connectivity index (χ4n) is 5.69. The highest BCUT2D eigenvalue weighted by Gasteiger charge is 2.42. The van der Waals surface area contributed by atoms with Gasteiger partial charge in [0.25, 0.3) is 0 Å². The lowest BCUT2D eigenvalue weighted by Gasteiger charge is -2.14. The summed E-state index contributed by atoms with van der Waals surface area (Å²) >= 11 is 0. The van der Waals surface area contributed by atoms with Crippen LogP contribution in [0.5, 0.6) is 0 Å². The Hall–Kier alpha value is -4.31. The quantitative estimate of drug-likeness (QED) is 0.161. The number of benzene rings is 3. The molecule has 1 N–H and O–H groups in total. The minimum absolute atomic E-state index is 0.868. The van der Waals surface area contributed by atoms with E-state index in [9.17, 15) is 0 Å². The number of nitrogens with zero attached hydrogens (tertiary/aromatic N) is 3. The van der Waals surface area contributed by atoms with Crippen LogP contribution in [0.3, 0.4) is 0 Å². The van der Waals surface area contributed by atoms with Crippen LogP contribution >= 0.6 is 0 Å². The predicted octanol–water partition coefficient (Wildman–Crippen LogP) is 8.51. The standard InChI is InChI=1S/C16H15N.C14H17N3.C10H18/c1-12-5-4-7-14(11-12)16-15-8-3-2-6-13(15)9-10-17-16;1-5-13(15-3)11-7-9-12(10-8-11)14(6-2)17-16-4;1-4-6-7-10-8(3)9(10)5-2/h2-9,11,17H,10H2,1H3;5-10H,1H2,2-4H3;6-10H,4-5H2,1-3H3/b;14-6-,15-13?,17-16?;. The minimum Gasteiger partial charge on any atom is -0.381 e. The smallest absolute Gasteiger partial charge is 0.0882 e. The molecule has 1 fully saturated rings. The van der Waals surface area contributed by atoms with Gasteiger partial charge in [-0.3, -0.25) is 4.99 Å². The third-order valence-corrected chi connectivity index (χ3v) is 8.23. The first-order chi connectivity index (χ1) is 21.4. The molecular formula is C40H50N4. The fraction of sp³-hybridized carbons (Fsp3) is 0.325. The lowest BCUT2D eigenvalue weighted by molar-refractivity contribution is 0.716. The maximum absolute atomic E-state index is 4.15. The number of rotatable bonds is 8. The molecule has 3 aromatic rings. The normalized spacial score (nSPS) is 19.2. The third kappa shape index (κ3) is 9.34. The zero-order valence-corrected chi connectivity index (χ0v) is 27.7. The Kier molecular flexibility index (Phi) is 13.8. The number of hydrogen-bond acceptors (Lipinski definition) is 4. The number of fused-ring (bicyclic) bond motifs is 1. The van der Waals surface area contributed by atoms with Crippen LogP contribution in [0.1, 0.15) is 62.8 Å². The highest BCUT2D eigenvalue weighted by Crippen LogP contribution is 2.48. The van der Waals surface area contributed by atoms with E-state index < -0.39 is 0 Å². The second-order valence-electron chi connectivity index (χ2n) is 11.1.